The van der Waals surface area contributed by atoms with Crippen molar-refractivity contribution in [2.45, 2.75) is 10.6 Å². The number of aromatic carboxylic acids is 1. The van der Waals surface area contributed by atoms with E-state index in [9.17, 15) is 13.2 Å². The highest BCUT2D eigenvalue weighted by molar-refractivity contribution is 7.90. The minimum atomic E-state index is -3.80. The van der Waals surface area contributed by atoms with Crippen LogP contribution in [0, 0.1) is 0 Å². The number of methoxy groups -OCH3 is 1. The maximum Gasteiger partial charge on any atom is 0.335 e. The molecule has 106 valence electrons. The Morgan fingerprint density at radius 2 is 2.15 bits per heavy atom. The summed E-state index contributed by atoms with van der Waals surface area (Å²) >= 11 is 0. The number of hydrogen-bond acceptors (Lipinski definition) is 6. The van der Waals surface area contributed by atoms with E-state index in [1.54, 1.807) is 0 Å². The van der Waals surface area contributed by atoms with Crippen LogP contribution in [0.1, 0.15) is 16.1 Å². The minimum absolute atomic E-state index is 0.0783. The van der Waals surface area contributed by atoms with E-state index in [1.807, 2.05) is 0 Å². The van der Waals surface area contributed by atoms with Crippen molar-refractivity contribution in [1.82, 2.24) is 5.16 Å². The fourth-order valence-corrected chi connectivity index (χ4v) is 3.08. The second kappa shape index (κ2) is 5.33. The Hall–Kier alpha value is -2.35. The number of nitrogens with zero attached hydrogens (tertiary/aromatic N) is 1. The predicted molar refractivity (Wildman–Crippen MR) is 67.3 cm³/mol. The van der Waals surface area contributed by atoms with Gasteiger partial charge >= 0.3 is 5.97 Å². The Balaban J connectivity index is 2.48. The molecule has 0 unspecified atom stereocenters. The number of carboxylic acid groups (broad SMARTS) is 1. The molecular weight excluding hydrogens is 286 g/mol. The van der Waals surface area contributed by atoms with Gasteiger partial charge in [-0.15, -0.1) is 0 Å². The van der Waals surface area contributed by atoms with Gasteiger partial charge in [0.15, 0.2) is 15.6 Å². The lowest BCUT2D eigenvalue weighted by molar-refractivity contribution is 0.0696. The van der Waals surface area contributed by atoms with Crippen molar-refractivity contribution >= 4 is 15.8 Å². The fourth-order valence-electron chi connectivity index (χ4n) is 1.63. The van der Waals surface area contributed by atoms with Crippen LogP contribution in [0.4, 0.5) is 0 Å². The van der Waals surface area contributed by atoms with Gasteiger partial charge in [0.1, 0.15) is 16.4 Å². The van der Waals surface area contributed by atoms with E-state index in [1.165, 1.54) is 31.5 Å². The van der Waals surface area contributed by atoms with Gasteiger partial charge in [-0.25, -0.2) is 13.2 Å². The van der Waals surface area contributed by atoms with Crippen LogP contribution < -0.4 is 4.74 Å². The summed E-state index contributed by atoms with van der Waals surface area (Å²) in [4.78, 5) is 10.7. The van der Waals surface area contributed by atoms with Gasteiger partial charge in [0, 0.05) is 6.07 Å². The van der Waals surface area contributed by atoms with Gasteiger partial charge in [-0.2, -0.15) is 0 Å². The molecule has 0 saturated heterocycles. The number of ether oxygens (including phenoxy) is 1. The van der Waals surface area contributed by atoms with Crippen LogP contribution in [-0.2, 0) is 15.6 Å². The van der Waals surface area contributed by atoms with Crippen LogP contribution >= 0.6 is 0 Å². The first-order valence-corrected chi connectivity index (χ1v) is 7.13. The van der Waals surface area contributed by atoms with Gasteiger partial charge in [-0.05, 0) is 18.2 Å². The molecule has 7 nitrogen and oxygen atoms in total. The second-order valence-electron chi connectivity index (χ2n) is 3.91. The summed E-state index contributed by atoms with van der Waals surface area (Å²) in [7, 11) is -2.50. The van der Waals surface area contributed by atoms with Gasteiger partial charge in [-0.1, -0.05) is 5.16 Å². The molecule has 0 atom stereocenters. The van der Waals surface area contributed by atoms with E-state index in [-0.39, 0.29) is 22.0 Å². The smallest absolute Gasteiger partial charge is 0.335 e. The van der Waals surface area contributed by atoms with E-state index in [4.69, 9.17) is 14.4 Å². The SMILES string of the molecule is COc1ccc(C(=O)O)cc1S(=O)(=O)Cc1ccno1. The predicted octanol–water partition coefficient (Wildman–Crippen LogP) is 1.36. The molecule has 0 aliphatic heterocycles. The summed E-state index contributed by atoms with van der Waals surface area (Å²) in [5.41, 5.74) is -0.137. The molecule has 20 heavy (non-hydrogen) atoms. The third-order valence-corrected chi connectivity index (χ3v) is 4.22. The second-order valence-corrected chi connectivity index (χ2v) is 5.87. The van der Waals surface area contributed by atoms with E-state index >= 15 is 0 Å². The summed E-state index contributed by atoms with van der Waals surface area (Å²) in [5, 5.41) is 12.4. The Bertz CT molecular complexity index is 720. The standard InChI is InChI=1S/C12H11NO6S/c1-18-10-3-2-8(12(14)15)6-11(10)20(16,17)7-9-4-5-13-19-9/h2-6H,7H2,1H3,(H,14,15). The number of carboxylic acids is 1. The molecule has 0 fully saturated rings. The van der Waals surface area contributed by atoms with Gasteiger partial charge in [0.05, 0.1) is 18.9 Å². The van der Waals surface area contributed by atoms with Gasteiger partial charge in [-0.3, -0.25) is 0 Å². The molecule has 0 saturated carbocycles. The van der Waals surface area contributed by atoms with E-state index in [0.717, 1.165) is 6.07 Å². The zero-order valence-corrected chi connectivity index (χ0v) is 11.3. The molecule has 0 amide bonds. The van der Waals surface area contributed by atoms with Crippen molar-refractivity contribution < 1.29 is 27.6 Å². The lowest BCUT2D eigenvalue weighted by Gasteiger charge is -2.09. The summed E-state index contributed by atoms with van der Waals surface area (Å²) in [6.07, 6.45) is 1.33. The largest absolute Gasteiger partial charge is 0.495 e. The van der Waals surface area contributed by atoms with Crippen LogP contribution in [0.15, 0.2) is 39.9 Å². The zero-order chi connectivity index (χ0) is 14.8. The number of sulfone groups is 1. The number of aromatic nitrogens is 1. The number of carbonyl (C=O) groups is 1. The lowest BCUT2D eigenvalue weighted by atomic mass is 10.2. The first-order chi connectivity index (χ1) is 9.44. The van der Waals surface area contributed by atoms with Crippen molar-refractivity contribution in [3.05, 3.63) is 41.8 Å². The Labute approximate surface area is 114 Å². The fraction of sp³-hybridized carbons (Fsp3) is 0.167. The Morgan fingerprint density at radius 1 is 1.40 bits per heavy atom. The maximum absolute atomic E-state index is 12.3. The van der Waals surface area contributed by atoms with Crippen LogP contribution in [0.25, 0.3) is 0 Å². The molecule has 0 aliphatic carbocycles. The van der Waals surface area contributed by atoms with Gasteiger partial charge in [0.25, 0.3) is 0 Å². The molecule has 0 aliphatic rings. The molecule has 0 radical (unpaired) electrons. The molecule has 0 spiro atoms. The average molecular weight is 297 g/mol. The lowest BCUT2D eigenvalue weighted by Crippen LogP contribution is -2.08. The molecule has 2 rings (SSSR count). The molecule has 1 aromatic carbocycles. The zero-order valence-electron chi connectivity index (χ0n) is 10.4. The topological polar surface area (TPSA) is 107 Å². The third kappa shape index (κ3) is 2.80. The highest BCUT2D eigenvalue weighted by Gasteiger charge is 2.23. The third-order valence-electron chi connectivity index (χ3n) is 2.57. The van der Waals surface area contributed by atoms with E-state index in [2.05, 4.69) is 5.16 Å². The van der Waals surface area contributed by atoms with Crippen molar-refractivity contribution in [3.63, 3.8) is 0 Å². The summed E-state index contributed by atoms with van der Waals surface area (Å²) < 4.78 is 34.3. The van der Waals surface area contributed by atoms with Crippen molar-refractivity contribution in [1.29, 1.82) is 0 Å². The monoisotopic (exact) mass is 297 g/mol. The quantitative estimate of drug-likeness (QED) is 0.887. The average Bonchev–Trinajstić information content (AvgIpc) is 2.90. The molecule has 1 heterocycles. The summed E-state index contributed by atoms with van der Waals surface area (Å²) in [5.74, 6) is -1.40. The normalized spacial score (nSPS) is 11.2. The highest BCUT2D eigenvalue weighted by Crippen LogP contribution is 2.27. The summed E-state index contributed by atoms with van der Waals surface area (Å²) in [6, 6.07) is 5.06. The maximum atomic E-state index is 12.3. The highest BCUT2D eigenvalue weighted by atomic mass is 32.2. The minimum Gasteiger partial charge on any atom is -0.495 e. The van der Waals surface area contributed by atoms with Crippen molar-refractivity contribution in [2.75, 3.05) is 7.11 Å². The molecule has 1 N–H and O–H groups in total. The van der Waals surface area contributed by atoms with Crippen LogP contribution in [-0.4, -0.2) is 31.8 Å². The first kappa shape index (κ1) is 14.1. The van der Waals surface area contributed by atoms with Gasteiger partial charge < -0.3 is 14.4 Å². The molecule has 0 bridgehead atoms. The van der Waals surface area contributed by atoms with Crippen LogP contribution in [0.2, 0.25) is 0 Å². The van der Waals surface area contributed by atoms with E-state index in [0.29, 0.717) is 0 Å². The molecule has 2 aromatic rings. The molecule has 1 aromatic heterocycles. The molecule has 8 heteroatoms. The van der Waals surface area contributed by atoms with Gasteiger partial charge in [0.2, 0.25) is 0 Å². The molecular formula is C12H11NO6S. The van der Waals surface area contributed by atoms with Crippen LogP contribution in [0.3, 0.4) is 0 Å². The van der Waals surface area contributed by atoms with E-state index < -0.39 is 21.6 Å². The Morgan fingerprint density at radius 3 is 2.70 bits per heavy atom. The van der Waals surface area contributed by atoms with Crippen molar-refractivity contribution in [3.8, 4) is 5.75 Å². The summed E-state index contributed by atoms with van der Waals surface area (Å²) in [6.45, 7) is 0. The number of rotatable bonds is 5. The Kier molecular flexibility index (Phi) is 3.75. The number of benzene rings is 1. The number of hydrogen-bond donors (Lipinski definition) is 1. The van der Waals surface area contributed by atoms with Crippen molar-refractivity contribution in [2.24, 2.45) is 0 Å². The first-order valence-electron chi connectivity index (χ1n) is 5.47. The van der Waals surface area contributed by atoms with Crippen LogP contribution in [0.5, 0.6) is 5.75 Å².